The topological polar surface area (TPSA) is 61.4 Å². The molecule has 0 aromatic heterocycles. The van der Waals surface area contributed by atoms with E-state index in [4.69, 9.17) is 5.11 Å². The quantitative estimate of drug-likeness (QED) is 0.724. The van der Waals surface area contributed by atoms with Gasteiger partial charge in [0.25, 0.3) is 0 Å². The predicted molar refractivity (Wildman–Crippen MR) is 72.0 cm³/mol. The first kappa shape index (κ1) is 15.8. The van der Waals surface area contributed by atoms with Gasteiger partial charge in [-0.25, -0.2) is 13.6 Å². The molecule has 19 heavy (non-hydrogen) atoms. The van der Waals surface area contributed by atoms with Gasteiger partial charge in [-0.2, -0.15) is 0 Å². The maximum absolute atomic E-state index is 13.5. The number of carbonyl (C=O) groups excluding carboxylic acids is 1. The van der Waals surface area contributed by atoms with Gasteiger partial charge in [-0.1, -0.05) is 0 Å². The average Bonchev–Trinajstić information content (AvgIpc) is 2.33. The third-order valence-corrected chi connectivity index (χ3v) is 3.04. The third kappa shape index (κ3) is 5.12. The van der Waals surface area contributed by atoms with E-state index in [2.05, 4.69) is 26.6 Å². The molecule has 0 spiro atoms. The summed E-state index contributed by atoms with van der Waals surface area (Å²) in [5.74, 6) is -1.39. The molecule has 1 aromatic rings. The molecule has 1 rings (SSSR count). The van der Waals surface area contributed by atoms with Crippen LogP contribution in [0.25, 0.3) is 0 Å². The molecule has 2 amide bonds. The molecule has 3 N–H and O–H groups in total. The van der Waals surface area contributed by atoms with E-state index in [0.717, 1.165) is 12.1 Å². The van der Waals surface area contributed by atoms with Crippen molar-refractivity contribution in [2.45, 2.75) is 25.8 Å². The van der Waals surface area contributed by atoms with E-state index in [9.17, 15) is 13.6 Å². The van der Waals surface area contributed by atoms with Crippen LogP contribution in [0, 0.1) is 11.6 Å². The zero-order valence-electron chi connectivity index (χ0n) is 10.3. The molecule has 0 heterocycles. The first-order valence-corrected chi connectivity index (χ1v) is 6.56. The molecule has 7 heteroatoms. The SMILES string of the molecule is CC(CCCO)NC(=O)Nc1cc(F)c(Br)cc1F. The Hall–Kier alpha value is -1.21. The number of anilines is 1. The van der Waals surface area contributed by atoms with Crippen molar-refractivity contribution in [1.29, 1.82) is 0 Å². The maximum atomic E-state index is 13.5. The number of halogens is 3. The zero-order valence-corrected chi connectivity index (χ0v) is 11.9. The minimum Gasteiger partial charge on any atom is -0.396 e. The number of hydrogen-bond donors (Lipinski definition) is 3. The van der Waals surface area contributed by atoms with Gasteiger partial charge in [-0.05, 0) is 41.8 Å². The van der Waals surface area contributed by atoms with E-state index >= 15 is 0 Å². The summed E-state index contributed by atoms with van der Waals surface area (Å²) in [6.07, 6.45) is 1.16. The standard InChI is InChI=1S/C12H15BrF2N2O2/c1-7(3-2-4-18)16-12(19)17-11-6-9(14)8(13)5-10(11)15/h5-7,18H,2-4H2,1H3,(H2,16,17,19). The van der Waals surface area contributed by atoms with E-state index < -0.39 is 17.7 Å². The van der Waals surface area contributed by atoms with Crippen molar-refractivity contribution in [2.24, 2.45) is 0 Å². The lowest BCUT2D eigenvalue weighted by Gasteiger charge is -2.14. The Bertz CT molecular complexity index is 458. The van der Waals surface area contributed by atoms with Gasteiger partial charge in [0.05, 0.1) is 10.2 Å². The van der Waals surface area contributed by atoms with Crippen molar-refractivity contribution in [1.82, 2.24) is 5.32 Å². The number of rotatable bonds is 5. The van der Waals surface area contributed by atoms with Crippen molar-refractivity contribution in [2.75, 3.05) is 11.9 Å². The van der Waals surface area contributed by atoms with Gasteiger partial charge in [-0.15, -0.1) is 0 Å². The fraction of sp³-hybridized carbons (Fsp3) is 0.417. The molecule has 0 fully saturated rings. The predicted octanol–water partition coefficient (Wildman–Crippen LogP) is 3.01. The van der Waals surface area contributed by atoms with Gasteiger partial charge < -0.3 is 15.7 Å². The number of carbonyl (C=O) groups is 1. The lowest BCUT2D eigenvalue weighted by Crippen LogP contribution is -2.36. The Labute approximate surface area is 118 Å². The lowest BCUT2D eigenvalue weighted by atomic mass is 10.2. The van der Waals surface area contributed by atoms with Gasteiger partial charge >= 0.3 is 6.03 Å². The highest BCUT2D eigenvalue weighted by atomic mass is 79.9. The number of nitrogens with one attached hydrogen (secondary N) is 2. The molecule has 0 radical (unpaired) electrons. The van der Waals surface area contributed by atoms with Crippen LogP contribution >= 0.6 is 15.9 Å². The van der Waals surface area contributed by atoms with Crippen molar-refractivity contribution in [3.63, 3.8) is 0 Å². The Morgan fingerprint density at radius 2 is 2.11 bits per heavy atom. The normalized spacial score (nSPS) is 12.1. The Morgan fingerprint density at radius 3 is 2.74 bits per heavy atom. The summed E-state index contributed by atoms with van der Waals surface area (Å²) in [4.78, 5) is 11.5. The fourth-order valence-electron chi connectivity index (χ4n) is 1.47. The highest BCUT2D eigenvalue weighted by molar-refractivity contribution is 9.10. The largest absolute Gasteiger partial charge is 0.396 e. The Kier molecular flexibility index (Phi) is 6.17. The van der Waals surface area contributed by atoms with E-state index in [1.54, 1.807) is 6.92 Å². The summed E-state index contributed by atoms with van der Waals surface area (Å²) in [7, 11) is 0. The minimum atomic E-state index is -0.730. The lowest BCUT2D eigenvalue weighted by molar-refractivity contribution is 0.245. The molecule has 0 bridgehead atoms. The molecular weight excluding hydrogens is 322 g/mol. The first-order valence-electron chi connectivity index (χ1n) is 5.77. The molecule has 0 saturated carbocycles. The minimum absolute atomic E-state index is 0.00716. The molecule has 1 atom stereocenters. The number of amides is 2. The summed E-state index contributed by atoms with van der Waals surface area (Å²) < 4.78 is 26.7. The molecule has 0 aliphatic heterocycles. The first-order chi connectivity index (χ1) is 8.93. The number of hydrogen-bond acceptors (Lipinski definition) is 2. The number of benzene rings is 1. The molecule has 4 nitrogen and oxygen atoms in total. The fourth-order valence-corrected chi connectivity index (χ4v) is 1.79. The number of urea groups is 1. The van der Waals surface area contributed by atoms with E-state index in [-0.39, 0.29) is 22.8 Å². The summed E-state index contributed by atoms with van der Waals surface area (Å²) in [6, 6.07) is 1.05. The number of aliphatic hydroxyl groups excluding tert-OH is 1. The van der Waals surface area contributed by atoms with Crippen LogP contribution in [0.15, 0.2) is 16.6 Å². The average molecular weight is 337 g/mol. The molecule has 0 aliphatic carbocycles. The molecule has 1 aromatic carbocycles. The van der Waals surface area contributed by atoms with Crippen LogP contribution in [0.3, 0.4) is 0 Å². The molecule has 0 saturated heterocycles. The van der Waals surface area contributed by atoms with Crippen molar-refractivity contribution in [3.05, 3.63) is 28.2 Å². The molecule has 106 valence electrons. The zero-order chi connectivity index (χ0) is 14.4. The van der Waals surface area contributed by atoms with Crippen LogP contribution in [-0.4, -0.2) is 23.8 Å². The molecular formula is C12H15BrF2N2O2. The van der Waals surface area contributed by atoms with Crippen LogP contribution in [0.4, 0.5) is 19.3 Å². The van der Waals surface area contributed by atoms with E-state index in [0.29, 0.717) is 12.8 Å². The van der Waals surface area contributed by atoms with Crippen LogP contribution in [0.5, 0.6) is 0 Å². The van der Waals surface area contributed by atoms with Gasteiger partial charge in [-0.3, -0.25) is 0 Å². The Morgan fingerprint density at radius 1 is 1.42 bits per heavy atom. The van der Waals surface area contributed by atoms with E-state index in [1.165, 1.54) is 0 Å². The Balaban J connectivity index is 2.59. The van der Waals surface area contributed by atoms with Crippen molar-refractivity contribution >= 4 is 27.6 Å². The monoisotopic (exact) mass is 336 g/mol. The van der Waals surface area contributed by atoms with Gasteiger partial charge in [0.1, 0.15) is 11.6 Å². The highest BCUT2D eigenvalue weighted by Crippen LogP contribution is 2.23. The van der Waals surface area contributed by atoms with Crippen LogP contribution in [0.2, 0.25) is 0 Å². The second-order valence-electron chi connectivity index (χ2n) is 4.11. The summed E-state index contributed by atoms with van der Waals surface area (Å²) >= 11 is 2.85. The van der Waals surface area contributed by atoms with Crippen LogP contribution < -0.4 is 10.6 Å². The summed E-state index contributed by atoms with van der Waals surface area (Å²) in [5.41, 5.74) is -0.229. The van der Waals surface area contributed by atoms with Gasteiger partial charge in [0.15, 0.2) is 0 Å². The summed E-state index contributed by atoms with van der Waals surface area (Å²) in [6.45, 7) is 1.80. The number of aliphatic hydroxyl groups is 1. The van der Waals surface area contributed by atoms with Crippen LogP contribution in [0.1, 0.15) is 19.8 Å². The second kappa shape index (κ2) is 7.40. The van der Waals surface area contributed by atoms with Gasteiger partial charge in [0.2, 0.25) is 0 Å². The smallest absolute Gasteiger partial charge is 0.319 e. The third-order valence-electron chi connectivity index (χ3n) is 2.43. The second-order valence-corrected chi connectivity index (χ2v) is 4.97. The molecule has 1 unspecified atom stereocenters. The summed E-state index contributed by atoms with van der Waals surface area (Å²) in [5, 5.41) is 13.5. The maximum Gasteiger partial charge on any atom is 0.319 e. The van der Waals surface area contributed by atoms with Crippen molar-refractivity contribution in [3.8, 4) is 0 Å². The highest BCUT2D eigenvalue weighted by Gasteiger charge is 2.12. The van der Waals surface area contributed by atoms with Gasteiger partial charge in [0, 0.05) is 18.7 Å². The van der Waals surface area contributed by atoms with E-state index in [1.807, 2.05) is 0 Å². The van der Waals surface area contributed by atoms with Crippen molar-refractivity contribution < 1.29 is 18.7 Å². The molecule has 0 aliphatic rings. The van der Waals surface area contributed by atoms with Crippen LogP contribution in [-0.2, 0) is 0 Å².